The summed E-state index contributed by atoms with van der Waals surface area (Å²) in [6.45, 7) is 0. The molecule has 13 rings (SSSR count). The third-order valence-corrected chi connectivity index (χ3v) is 14.0. The second-order valence-corrected chi connectivity index (χ2v) is 18.9. The molecule has 6 heteroatoms. The minimum atomic E-state index is 0.558. The Morgan fingerprint density at radius 3 is 0.974 bits per heavy atom. The summed E-state index contributed by atoms with van der Waals surface area (Å²) in [5.74, 6) is 2.05. The van der Waals surface area contributed by atoms with Crippen LogP contribution in [0.25, 0.3) is 72.5 Å². The third-order valence-electron chi connectivity index (χ3n) is 14.0. The summed E-state index contributed by atoms with van der Waals surface area (Å²) >= 11 is 0. The van der Waals surface area contributed by atoms with Gasteiger partial charge in [-0.05, 0) is 137 Å². The summed E-state index contributed by atoms with van der Waals surface area (Å²) in [6, 6.07) is 103. The van der Waals surface area contributed by atoms with Gasteiger partial charge in [-0.25, -0.2) is 15.0 Å². The Balaban J connectivity index is 0.884. The standard InChI is InChI=1S/C70H50N6/c1-7-19-53(20-8-1)69-71-68(72-70(73-69)54-21-9-2-10-22-54)47-50-31-39-63(40-32-50)76-66-45-37-55(51-33-41-61(42-34-51)74(57-23-11-3-12-24-57)58-25-13-4-14-26-58)48-64(66)65-49-56(38-46-67(65)76)52-35-43-62(44-36-52)75(59-27-15-5-16-28-59)60-29-17-6-18-30-60/h1-46,48-49H,47H2. The second kappa shape index (κ2) is 20.4. The molecule has 0 saturated carbocycles. The van der Waals surface area contributed by atoms with Crippen LogP contribution in [-0.4, -0.2) is 19.5 Å². The third kappa shape index (κ3) is 9.16. The van der Waals surface area contributed by atoms with Gasteiger partial charge in [0, 0.05) is 68.1 Å². The van der Waals surface area contributed by atoms with E-state index in [1.807, 2.05) is 60.7 Å². The van der Waals surface area contributed by atoms with E-state index in [9.17, 15) is 0 Å². The molecule has 0 amide bonds. The molecule has 0 unspecified atom stereocenters. The van der Waals surface area contributed by atoms with Gasteiger partial charge in [-0.3, -0.25) is 0 Å². The number of para-hydroxylation sites is 4. The quantitative estimate of drug-likeness (QED) is 0.115. The molecule has 2 heterocycles. The zero-order valence-corrected chi connectivity index (χ0v) is 41.6. The van der Waals surface area contributed by atoms with Gasteiger partial charge in [0.25, 0.3) is 0 Å². The molecular weight excluding hydrogens is 925 g/mol. The lowest BCUT2D eigenvalue weighted by Gasteiger charge is -2.25. The van der Waals surface area contributed by atoms with Gasteiger partial charge in [-0.2, -0.15) is 0 Å². The number of rotatable bonds is 13. The Bertz CT molecular complexity index is 3760. The molecule has 6 nitrogen and oxygen atoms in total. The molecule has 0 spiro atoms. The molecule has 0 N–H and O–H groups in total. The van der Waals surface area contributed by atoms with Crippen molar-refractivity contribution in [1.82, 2.24) is 19.5 Å². The lowest BCUT2D eigenvalue weighted by atomic mass is 9.99. The van der Waals surface area contributed by atoms with E-state index in [4.69, 9.17) is 15.0 Å². The number of fused-ring (bicyclic) bond motifs is 3. The van der Waals surface area contributed by atoms with Crippen LogP contribution in [0, 0.1) is 0 Å². The summed E-state index contributed by atoms with van der Waals surface area (Å²) in [5, 5.41) is 2.36. The van der Waals surface area contributed by atoms with Crippen molar-refractivity contribution in [1.29, 1.82) is 0 Å². The molecule has 0 bridgehead atoms. The van der Waals surface area contributed by atoms with Gasteiger partial charge < -0.3 is 14.4 Å². The molecule has 2 aromatic heterocycles. The Kier molecular flexibility index (Phi) is 12.3. The largest absolute Gasteiger partial charge is 0.311 e. The topological polar surface area (TPSA) is 50.1 Å². The molecule has 360 valence electrons. The van der Waals surface area contributed by atoms with Crippen LogP contribution in [0.4, 0.5) is 34.1 Å². The maximum absolute atomic E-state index is 4.99. The maximum Gasteiger partial charge on any atom is 0.163 e. The van der Waals surface area contributed by atoms with Gasteiger partial charge in [0.1, 0.15) is 5.82 Å². The van der Waals surface area contributed by atoms with Crippen LogP contribution in [-0.2, 0) is 6.42 Å². The first kappa shape index (κ1) is 45.7. The molecule has 0 aliphatic heterocycles. The van der Waals surface area contributed by atoms with E-state index in [0.29, 0.717) is 18.1 Å². The zero-order chi connectivity index (χ0) is 50.6. The van der Waals surface area contributed by atoms with Crippen molar-refractivity contribution in [3.05, 3.63) is 303 Å². The number of hydrogen-bond acceptors (Lipinski definition) is 5. The Morgan fingerprint density at radius 1 is 0.276 bits per heavy atom. The fourth-order valence-corrected chi connectivity index (χ4v) is 10.3. The van der Waals surface area contributed by atoms with Crippen molar-refractivity contribution in [3.8, 4) is 50.7 Å². The highest BCUT2D eigenvalue weighted by Gasteiger charge is 2.19. The average molecular weight is 975 g/mol. The van der Waals surface area contributed by atoms with Crippen LogP contribution in [0.1, 0.15) is 11.4 Å². The minimum Gasteiger partial charge on any atom is -0.311 e. The highest BCUT2D eigenvalue weighted by Crippen LogP contribution is 2.41. The first-order valence-corrected chi connectivity index (χ1v) is 25.7. The van der Waals surface area contributed by atoms with Crippen molar-refractivity contribution in [2.24, 2.45) is 0 Å². The number of anilines is 6. The van der Waals surface area contributed by atoms with E-state index in [2.05, 4.69) is 245 Å². The summed E-state index contributed by atoms with van der Waals surface area (Å²) in [4.78, 5) is 19.5. The van der Waals surface area contributed by atoms with Crippen LogP contribution in [0.15, 0.2) is 291 Å². The lowest BCUT2D eigenvalue weighted by Crippen LogP contribution is -2.09. The minimum absolute atomic E-state index is 0.558. The molecule has 0 fully saturated rings. The van der Waals surface area contributed by atoms with Crippen molar-refractivity contribution in [3.63, 3.8) is 0 Å². The van der Waals surface area contributed by atoms with Gasteiger partial charge in [-0.15, -0.1) is 0 Å². The predicted octanol–water partition coefficient (Wildman–Crippen LogP) is 18.2. The molecule has 0 aliphatic carbocycles. The smallest absolute Gasteiger partial charge is 0.163 e. The van der Waals surface area contributed by atoms with Crippen molar-refractivity contribution >= 4 is 55.9 Å². The molecule has 0 radical (unpaired) electrons. The Morgan fingerprint density at radius 2 is 0.605 bits per heavy atom. The fourth-order valence-electron chi connectivity index (χ4n) is 10.3. The number of aromatic nitrogens is 4. The molecular formula is C70H50N6. The predicted molar refractivity (Wildman–Crippen MR) is 315 cm³/mol. The number of benzene rings is 11. The molecule has 76 heavy (non-hydrogen) atoms. The van der Waals surface area contributed by atoms with Crippen LogP contribution in [0.2, 0.25) is 0 Å². The van der Waals surface area contributed by atoms with Gasteiger partial charge >= 0.3 is 0 Å². The van der Waals surface area contributed by atoms with Crippen molar-refractivity contribution in [2.45, 2.75) is 6.42 Å². The maximum atomic E-state index is 4.99. The van der Waals surface area contributed by atoms with Crippen LogP contribution >= 0.6 is 0 Å². The Labute approximate surface area is 442 Å². The molecule has 0 atom stereocenters. The van der Waals surface area contributed by atoms with Crippen LogP contribution in [0.5, 0.6) is 0 Å². The van der Waals surface area contributed by atoms with Gasteiger partial charge in [0.05, 0.1) is 11.0 Å². The van der Waals surface area contributed by atoms with Gasteiger partial charge in [0.2, 0.25) is 0 Å². The van der Waals surface area contributed by atoms with Crippen molar-refractivity contribution in [2.75, 3.05) is 9.80 Å². The summed E-state index contributed by atoms with van der Waals surface area (Å²) < 4.78 is 2.40. The molecule has 13 aromatic rings. The lowest BCUT2D eigenvalue weighted by molar-refractivity contribution is 0.932. The van der Waals surface area contributed by atoms with E-state index in [1.165, 1.54) is 10.8 Å². The van der Waals surface area contributed by atoms with Crippen LogP contribution in [0.3, 0.4) is 0 Å². The number of hydrogen-bond donors (Lipinski definition) is 0. The number of nitrogens with zero attached hydrogens (tertiary/aromatic N) is 6. The average Bonchev–Trinajstić information content (AvgIpc) is 3.85. The van der Waals surface area contributed by atoms with Gasteiger partial charge in [0.15, 0.2) is 11.6 Å². The van der Waals surface area contributed by atoms with Crippen LogP contribution < -0.4 is 9.80 Å². The van der Waals surface area contributed by atoms with E-state index < -0.39 is 0 Å². The highest BCUT2D eigenvalue weighted by molar-refractivity contribution is 6.11. The normalized spacial score (nSPS) is 11.2. The highest BCUT2D eigenvalue weighted by atomic mass is 15.1. The van der Waals surface area contributed by atoms with E-state index in [1.54, 1.807) is 0 Å². The SMILES string of the molecule is c1ccc(-c2nc(Cc3ccc(-n4c5ccc(-c6ccc(N(c7ccccc7)c7ccccc7)cc6)cc5c5cc(-c6ccc(N(c7ccccc7)c7ccccc7)cc6)ccc54)cc3)nc(-c3ccccc3)n2)cc1. The fraction of sp³-hybridized carbons (Fsp3) is 0.0143. The monoisotopic (exact) mass is 974 g/mol. The summed E-state index contributed by atoms with van der Waals surface area (Å²) in [5.41, 5.74) is 17.6. The molecule has 0 saturated heterocycles. The molecule has 11 aromatic carbocycles. The zero-order valence-electron chi connectivity index (χ0n) is 41.6. The Hall–Kier alpha value is -10.2. The summed E-state index contributed by atoms with van der Waals surface area (Å²) in [7, 11) is 0. The van der Waals surface area contributed by atoms with E-state index >= 15 is 0 Å². The first-order chi connectivity index (χ1) is 37.7. The second-order valence-electron chi connectivity index (χ2n) is 18.9. The van der Waals surface area contributed by atoms with E-state index in [-0.39, 0.29) is 0 Å². The van der Waals surface area contributed by atoms with Gasteiger partial charge in [-0.1, -0.05) is 182 Å². The first-order valence-electron chi connectivity index (χ1n) is 25.7. The van der Waals surface area contributed by atoms with Crippen molar-refractivity contribution < 1.29 is 0 Å². The summed E-state index contributed by atoms with van der Waals surface area (Å²) in [6.07, 6.45) is 0.558. The van der Waals surface area contributed by atoms with E-state index in [0.717, 1.165) is 95.6 Å². The molecule has 0 aliphatic rings.